The first-order valence-electron chi connectivity index (χ1n) is 4.78. The highest BCUT2D eigenvalue weighted by Gasteiger charge is 2.35. The molecule has 0 amide bonds. The van der Waals surface area contributed by atoms with Crippen molar-refractivity contribution in [1.29, 1.82) is 0 Å². The molecule has 0 spiro atoms. The van der Waals surface area contributed by atoms with E-state index in [9.17, 15) is 0 Å². The Labute approximate surface area is 77.2 Å². The molecule has 0 radical (unpaired) electrons. The van der Waals surface area contributed by atoms with Crippen LogP contribution in [-0.4, -0.2) is 9.38 Å². The van der Waals surface area contributed by atoms with E-state index in [0.29, 0.717) is 0 Å². The fraction of sp³-hybridized carbons (Fsp3) is 0.364. The zero-order valence-corrected chi connectivity index (χ0v) is 7.64. The maximum absolute atomic E-state index is 4.59. The zero-order valence-electron chi connectivity index (χ0n) is 7.64. The van der Waals surface area contributed by atoms with Crippen molar-refractivity contribution in [2.24, 2.45) is 5.92 Å². The summed E-state index contributed by atoms with van der Waals surface area (Å²) in [4.78, 5) is 4.59. The molecule has 2 nitrogen and oxygen atoms in total. The molecular formula is C11H12N2. The van der Waals surface area contributed by atoms with Gasteiger partial charge in [-0.15, -0.1) is 0 Å². The summed E-state index contributed by atoms with van der Waals surface area (Å²) in [5, 5.41) is 0. The summed E-state index contributed by atoms with van der Waals surface area (Å²) < 4.78 is 2.10. The Morgan fingerprint density at radius 3 is 3.00 bits per heavy atom. The highest BCUT2D eigenvalue weighted by Crippen LogP contribution is 2.46. The van der Waals surface area contributed by atoms with Crippen LogP contribution in [0.3, 0.4) is 0 Å². The van der Waals surface area contributed by atoms with Crippen molar-refractivity contribution in [1.82, 2.24) is 9.38 Å². The Balaban J connectivity index is 2.12. The average Bonchev–Trinajstić information content (AvgIpc) is 2.74. The van der Waals surface area contributed by atoms with Gasteiger partial charge in [0, 0.05) is 18.3 Å². The van der Waals surface area contributed by atoms with Gasteiger partial charge in [-0.25, -0.2) is 4.98 Å². The topological polar surface area (TPSA) is 17.3 Å². The van der Waals surface area contributed by atoms with E-state index >= 15 is 0 Å². The van der Waals surface area contributed by atoms with Crippen LogP contribution in [0.1, 0.15) is 25.0 Å². The second kappa shape index (κ2) is 2.34. The molecule has 1 fully saturated rings. The van der Waals surface area contributed by atoms with Crippen molar-refractivity contribution in [3.8, 4) is 0 Å². The molecule has 2 heterocycles. The molecule has 66 valence electrons. The van der Waals surface area contributed by atoms with Crippen molar-refractivity contribution < 1.29 is 0 Å². The van der Waals surface area contributed by atoms with Gasteiger partial charge in [-0.2, -0.15) is 0 Å². The van der Waals surface area contributed by atoms with Crippen LogP contribution in [0, 0.1) is 5.92 Å². The smallest absolute Gasteiger partial charge is 0.136 e. The van der Waals surface area contributed by atoms with E-state index in [1.807, 2.05) is 12.1 Å². The lowest BCUT2D eigenvalue weighted by atomic mass is 10.3. The summed E-state index contributed by atoms with van der Waals surface area (Å²) in [6, 6.07) is 6.12. The summed E-state index contributed by atoms with van der Waals surface area (Å²) in [7, 11) is 0. The van der Waals surface area contributed by atoms with E-state index < -0.39 is 0 Å². The third-order valence-corrected chi connectivity index (χ3v) is 2.87. The highest BCUT2D eigenvalue weighted by molar-refractivity contribution is 5.40. The molecule has 1 aliphatic carbocycles. The van der Waals surface area contributed by atoms with Gasteiger partial charge in [0.05, 0.1) is 5.69 Å². The Morgan fingerprint density at radius 2 is 2.31 bits per heavy atom. The molecule has 0 aliphatic heterocycles. The van der Waals surface area contributed by atoms with Gasteiger partial charge in [-0.1, -0.05) is 13.0 Å². The van der Waals surface area contributed by atoms with Gasteiger partial charge in [-0.05, 0) is 24.5 Å². The first-order chi connectivity index (χ1) is 6.34. The van der Waals surface area contributed by atoms with Gasteiger partial charge < -0.3 is 4.40 Å². The lowest BCUT2D eigenvalue weighted by Crippen LogP contribution is -1.78. The number of imidazole rings is 1. The molecule has 2 aromatic heterocycles. The quantitative estimate of drug-likeness (QED) is 0.646. The molecule has 0 bridgehead atoms. The molecule has 13 heavy (non-hydrogen) atoms. The van der Waals surface area contributed by atoms with Crippen LogP contribution in [0.5, 0.6) is 0 Å². The summed E-state index contributed by atoms with van der Waals surface area (Å²) >= 11 is 0. The normalized spacial score (nSPS) is 26.5. The molecule has 0 N–H and O–H groups in total. The second-order valence-electron chi connectivity index (χ2n) is 3.95. The van der Waals surface area contributed by atoms with Crippen LogP contribution < -0.4 is 0 Å². The minimum absolute atomic E-state index is 0.722. The molecule has 1 saturated carbocycles. The Hall–Kier alpha value is -1.31. The van der Waals surface area contributed by atoms with Crippen LogP contribution in [0.15, 0.2) is 30.6 Å². The fourth-order valence-electron chi connectivity index (χ4n) is 1.87. The molecule has 2 atom stereocenters. The van der Waals surface area contributed by atoms with Crippen molar-refractivity contribution >= 4 is 5.65 Å². The molecule has 2 aromatic rings. The third-order valence-electron chi connectivity index (χ3n) is 2.87. The van der Waals surface area contributed by atoms with E-state index in [1.54, 1.807) is 0 Å². The number of pyridine rings is 1. The molecule has 1 aliphatic rings. The number of aromatic nitrogens is 2. The van der Waals surface area contributed by atoms with E-state index in [1.165, 1.54) is 12.1 Å². The molecule has 2 unspecified atom stereocenters. The van der Waals surface area contributed by atoms with Crippen molar-refractivity contribution in [3.63, 3.8) is 0 Å². The number of rotatable bonds is 1. The van der Waals surface area contributed by atoms with E-state index in [4.69, 9.17) is 0 Å². The maximum Gasteiger partial charge on any atom is 0.136 e. The number of hydrogen-bond donors (Lipinski definition) is 0. The van der Waals surface area contributed by atoms with E-state index in [2.05, 4.69) is 34.8 Å². The molecule has 0 saturated heterocycles. The van der Waals surface area contributed by atoms with Crippen molar-refractivity contribution in [3.05, 3.63) is 36.3 Å². The zero-order chi connectivity index (χ0) is 8.84. The Morgan fingerprint density at radius 1 is 1.46 bits per heavy atom. The lowest BCUT2D eigenvalue weighted by Gasteiger charge is -1.86. The summed E-state index contributed by atoms with van der Waals surface area (Å²) in [6.07, 6.45) is 5.52. The predicted molar refractivity (Wildman–Crippen MR) is 51.7 cm³/mol. The largest absolute Gasteiger partial charge is 0.307 e. The number of fused-ring (bicyclic) bond motifs is 1. The number of nitrogens with zero attached hydrogens (tertiary/aromatic N) is 2. The van der Waals surface area contributed by atoms with Crippen LogP contribution in [0.25, 0.3) is 5.65 Å². The minimum atomic E-state index is 0.722. The van der Waals surface area contributed by atoms with Gasteiger partial charge in [0.15, 0.2) is 0 Å². The van der Waals surface area contributed by atoms with E-state index in [-0.39, 0.29) is 0 Å². The number of hydrogen-bond acceptors (Lipinski definition) is 1. The fourth-order valence-corrected chi connectivity index (χ4v) is 1.87. The Kier molecular flexibility index (Phi) is 1.29. The summed E-state index contributed by atoms with van der Waals surface area (Å²) in [5.74, 6) is 1.56. The van der Waals surface area contributed by atoms with Gasteiger partial charge >= 0.3 is 0 Å². The Bertz CT molecular complexity index is 411. The van der Waals surface area contributed by atoms with Crippen molar-refractivity contribution in [2.45, 2.75) is 19.3 Å². The van der Waals surface area contributed by atoms with Crippen LogP contribution in [0.4, 0.5) is 0 Å². The highest BCUT2D eigenvalue weighted by atomic mass is 15.0. The first-order valence-corrected chi connectivity index (χ1v) is 4.78. The molecular weight excluding hydrogens is 160 g/mol. The monoisotopic (exact) mass is 172 g/mol. The van der Waals surface area contributed by atoms with Gasteiger partial charge in [-0.3, -0.25) is 0 Å². The lowest BCUT2D eigenvalue weighted by molar-refractivity contribution is 0.894. The van der Waals surface area contributed by atoms with E-state index in [0.717, 1.165) is 17.5 Å². The molecule has 3 rings (SSSR count). The SMILES string of the molecule is CC1CC1c1cn2ccccc2n1. The predicted octanol–water partition coefficient (Wildman–Crippen LogP) is 2.46. The van der Waals surface area contributed by atoms with Gasteiger partial charge in [0.1, 0.15) is 5.65 Å². The second-order valence-corrected chi connectivity index (χ2v) is 3.95. The maximum atomic E-state index is 4.59. The standard InChI is InChI=1S/C11H12N2/c1-8-6-9(8)10-7-13-5-3-2-4-11(13)12-10/h2-5,7-9H,6H2,1H3. The molecule has 2 heteroatoms. The summed E-state index contributed by atoms with van der Waals surface area (Å²) in [5.41, 5.74) is 2.33. The average molecular weight is 172 g/mol. The van der Waals surface area contributed by atoms with Gasteiger partial charge in [0.25, 0.3) is 0 Å². The first kappa shape index (κ1) is 7.13. The van der Waals surface area contributed by atoms with Crippen LogP contribution >= 0.6 is 0 Å². The van der Waals surface area contributed by atoms with Gasteiger partial charge in [0.2, 0.25) is 0 Å². The molecule has 0 aromatic carbocycles. The van der Waals surface area contributed by atoms with Crippen LogP contribution in [-0.2, 0) is 0 Å². The minimum Gasteiger partial charge on any atom is -0.307 e. The third kappa shape index (κ3) is 1.05. The summed E-state index contributed by atoms with van der Waals surface area (Å²) in [6.45, 7) is 2.29. The van der Waals surface area contributed by atoms with Crippen LogP contribution in [0.2, 0.25) is 0 Å². The van der Waals surface area contributed by atoms with Crippen molar-refractivity contribution in [2.75, 3.05) is 0 Å².